The van der Waals surface area contributed by atoms with Crippen LogP contribution < -0.4 is 10.6 Å². The Bertz CT molecular complexity index is 300. The zero-order valence-corrected chi connectivity index (χ0v) is 10.3. The zero-order chi connectivity index (χ0) is 11.7. The van der Waals surface area contributed by atoms with Crippen LogP contribution in [0.3, 0.4) is 0 Å². The lowest BCUT2D eigenvalue weighted by Gasteiger charge is -2.40. The van der Waals surface area contributed by atoms with Crippen LogP contribution in [0, 0.1) is 0 Å². The molecule has 2 rings (SSSR count). The maximum atomic E-state index is 12.2. The van der Waals surface area contributed by atoms with Gasteiger partial charge >= 0.3 is 0 Å². The van der Waals surface area contributed by atoms with Crippen molar-refractivity contribution in [3.8, 4) is 0 Å². The average Bonchev–Trinajstić information content (AvgIpc) is 2.64. The molecule has 2 aliphatic heterocycles. The Balaban J connectivity index is 2.04. The van der Waals surface area contributed by atoms with E-state index in [2.05, 4.69) is 10.6 Å². The molecule has 0 bridgehead atoms. The first-order valence-corrected chi connectivity index (χ1v) is 6.54. The van der Waals surface area contributed by atoms with Crippen molar-refractivity contribution < 1.29 is 9.59 Å². The average molecular weight is 243 g/mol. The number of thioether (sulfide) groups is 1. The molecule has 2 fully saturated rings. The number of nitrogens with zero attached hydrogens (tertiary/aromatic N) is 1. The van der Waals surface area contributed by atoms with E-state index in [1.54, 1.807) is 0 Å². The Morgan fingerprint density at radius 2 is 2.00 bits per heavy atom. The van der Waals surface area contributed by atoms with E-state index in [4.69, 9.17) is 0 Å². The van der Waals surface area contributed by atoms with Crippen LogP contribution in [0.1, 0.15) is 13.8 Å². The third kappa shape index (κ3) is 2.17. The maximum Gasteiger partial charge on any atom is 0.279 e. The van der Waals surface area contributed by atoms with Crippen LogP contribution in [0.2, 0.25) is 0 Å². The molecule has 6 heteroatoms. The van der Waals surface area contributed by atoms with E-state index in [0.29, 0.717) is 5.75 Å². The van der Waals surface area contributed by atoms with Gasteiger partial charge < -0.3 is 15.5 Å². The lowest BCUT2D eigenvalue weighted by atomic mass is 10.1. The third-order valence-corrected chi connectivity index (χ3v) is 3.94. The first-order chi connectivity index (χ1) is 7.59. The highest BCUT2D eigenvalue weighted by molar-refractivity contribution is 8.14. The van der Waals surface area contributed by atoms with E-state index < -0.39 is 0 Å². The predicted octanol–water partition coefficient (Wildman–Crippen LogP) is 0.0202. The molecule has 0 saturated carbocycles. The van der Waals surface area contributed by atoms with Crippen LogP contribution in [-0.4, -0.2) is 53.0 Å². The van der Waals surface area contributed by atoms with Crippen LogP contribution >= 0.6 is 11.8 Å². The minimum absolute atomic E-state index is 0.0554. The number of hydrogen-bond donors (Lipinski definition) is 2. The highest BCUT2D eigenvalue weighted by atomic mass is 32.2. The smallest absolute Gasteiger partial charge is 0.279 e. The summed E-state index contributed by atoms with van der Waals surface area (Å²) in [5.41, 5.74) is 0. The number of amides is 2. The molecule has 2 heterocycles. The summed E-state index contributed by atoms with van der Waals surface area (Å²) in [6, 6.07) is 0.0537. The summed E-state index contributed by atoms with van der Waals surface area (Å²) in [6.07, 6.45) is 0. The Labute approximate surface area is 99.3 Å². The minimum atomic E-state index is -0.333. The highest BCUT2D eigenvalue weighted by Crippen LogP contribution is 2.18. The molecule has 0 aliphatic carbocycles. The van der Waals surface area contributed by atoms with Crippen LogP contribution in [0.5, 0.6) is 0 Å². The molecule has 0 aromatic heterocycles. The van der Waals surface area contributed by atoms with Crippen LogP contribution in [0.4, 0.5) is 4.79 Å². The molecular formula is C10H17N3O2S. The number of rotatable bonds is 1. The summed E-state index contributed by atoms with van der Waals surface area (Å²) >= 11 is 1.19. The molecule has 0 spiro atoms. The molecule has 3 atom stereocenters. The Hall–Kier alpha value is -0.750. The van der Waals surface area contributed by atoms with Crippen LogP contribution in [-0.2, 0) is 4.79 Å². The molecule has 5 nitrogen and oxygen atoms in total. The van der Waals surface area contributed by atoms with Crippen molar-refractivity contribution >= 4 is 22.9 Å². The van der Waals surface area contributed by atoms with E-state index >= 15 is 0 Å². The largest absolute Gasteiger partial charge is 0.334 e. The fraction of sp³-hybridized carbons (Fsp3) is 0.800. The van der Waals surface area contributed by atoms with Crippen molar-refractivity contribution in [3.63, 3.8) is 0 Å². The van der Waals surface area contributed by atoms with E-state index in [-0.39, 0.29) is 29.3 Å². The van der Waals surface area contributed by atoms with Gasteiger partial charge in [-0.3, -0.25) is 9.59 Å². The SMILES string of the molecule is CC1CNCC(C)N1C(=O)C1CSC(=O)N1. The fourth-order valence-corrected chi connectivity index (χ4v) is 3.03. The van der Waals surface area contributed by atoms with E-state index in [1.165, 1.54) is 11.8 Å². The first-order valence-electron chi connectivity index (χ1n) is 5.55. The molecule has 0 aromatic rings. The number of carbonyl (C=O) groups excluding carboxylic acids is 2. The van der Waals surface area contributed by atoms with Crippen molar-refractivity contribution in [2.24, 2.45) is 0 Å². The Kier molecular flexibility index (Phi) is 3.39. The predicted molar refractivity (Wildman–Crippen MR) is 63.4 cm³/mol. The molecule has 16 heavy (non-hydrogen) atoms. The van der Waals surface area contributed by atoms with Gasteiger partial charge in [-0.2, -0.15) is 0 Å². The zero-order valence-electron chi connectivity index (χ0n) is 9.53. The summed E-state index contributed by atoms with van der Waals surface area (Å²) in [4.78, 5) is 25.2. The second-order valence-corrected chi connectivity index (χ2v) is 5.39. The van der Waals surface area contributed by atoms with Crippen molar-refractivity contribution in [2.75, 3.05) is 18.8 Å². The maximum absolute atomic E-state index is 12.2. The van der Waals surface area contributed by atoms with E-state index in [9.17, 15) is 9.59 Å². The summed E-state index contributed by atoms with van der Waals surface area (Å²) in [6.45, 7) is 5.71. The van der Waals surface area contributed by atoms with Crippen molar-refractivity contribution in [3.05, 3.63) is 0 Å². The summed E-state index contributed by atoms with van der Waals surface area (Å²) in [5, 5.41) is 5.90. The molecule has 2 aliphatic rings. The normalized spacial score (nSPS) is 35.0. The van der Waals surface area contributed by atoms with Crippen LogP contribution in [0.25, 0.3) is 0 Å². The molecule has 2 saturated heterocycles. The first kappa shape index (κ1) is 11.7. The monoisotopic (exact) mass is 243 g/mol. The van der Waals surface area contributed by atoms with Gasteiger partial charge in [0.2, 0.25) is 5.91 Å². The van der Waals surface area contributed by atoms with Gasteiger partial charge in [-0.1, -0.05) is 11.8 Å². The number of nitrogens with one attached hydrogen (secondary N) is 2. The molecule has 90 valence electrons. The van der Waals surface area contributed by atoms with Gasteiger partial charge in [0.1, 0.15) is 6.04 Å². The minimum Gasteiger partial charge on any atom is -0.334 e. The van der Waals surface area contributed by atoms with Crippen LogP contribution in [0.15, 0.2) is 0 Å². The Morgan fingerprint density at radius 1 is 1.38 bits per heavy atom. The topological polar surface area (TPSA) is 61.4 Å². The second kappa shape index (κ2) is 4.63. The van der Waals surface area contributed by atoms with Gasteiger partial charge in [0.25, 0.3) is 5.24 Å². The van der Waals surface area contributed by atoms with Crippen molar-refractivity contribution in [1.29, 1.82) is 0 Å². The van der Waals surface area contributed by atoms with E-state index in [0.717, 1.165) is 13.1 Å². The van der Waals surface area contributed by atoms with Crippen molar-refractivity contribution in [2.45, 2.75) is 32.0 Å². The van der Waals surface area contributed by atoms with Gasteiger partial charge in [0.15, 0.2) is 0 Å². The van der Waals surface area contributed by atoms with Crippen molar-refractivity contribution in [1.82, 2.24) is 15.5 Å². The molecule has 2 N–H and O–H groups in total. The summed E-state index contributed by atoms with van der Waals surface area (Å²) in [7, 11) is 0. The molecular weight excluding hydrogens is 226 g/mol. The molecule has 3 unspecified atom stereocenters. The summed E-state index contributed by atoms with van der Waals surface area (Å²) < 4.78 is 0. The van der Waals surface area contributed by atoms with Gasteiger partial charge in [0, 0.05) is 30.9 Å². The van der Waals surface area contributed by atoms with Gasteiger partial charge in [-0.25, -0.2) is 0 Å². The highest BCUT2D eigenvalue weighted by Gasteiger charge is 2.36. The van der Waals surface area contributed by atoms with Gasteiger partial charge in [0.05, 0.1) is 0 Å². The van der Waals surface area contributed by atoms with E-state index in [1.807, 2.05) is 18.7 Å². The fourth-order valence-electron chi connectivity index (χ4n) is 2.26. The number of piperazine rings is 1. The lowest BCUT2D eigenvalue weighted by Crippen LogP contribution is -2.60. The van der Waals surface area contributed by atoms with Gasteiger partial charge in [-0.15, -0.1) is 0 Å². The summed E-state index contributed by atoms with van der Waals surface area (Å²) in [5.74, 6) is 0.612. The third-order valence-electron chi connectivity index (χ3n) is 3.05. The number of hydrogen-bond acceptors (Lipinski definition) is 4. The quantitative estimate of drug-likeness (QED) is 0.681. The van der Waals surface area contributed by atoms with Gasteiger partial charge in [-0.05, 0) is 13.8 Å². The lowest BCUT2D eigenvalue weighted by molar-refractivity contribution is -0.137. The molecule has 0 radical (unpaired) electrons. The molecule has 2 amide bonds. The Morgan fingerprint density at radius 3 is 2.50 bits per heavy atom. The second-order valence-electron chi connectivity index (χ2n) is 4.40. The number of carbonyl (C=O) groups is 2. The molecule has 0 aromatic carbocycles. The standard InChI is InChI=1S/C10H17N3O2S/c1-6-3-11-4-7(2)13(6)9(14)8-5-16-10(15)12-8/h6-8,11H,3-5H2,1-2H3,(H,12,15).